The van der Waals surface area contributed by atoms with Gasteiger partial charge in [-0.05, 0) is 31.0 Å². The molecule has 0 N–H and O–H groups in total. The zero-order valence-electron chi connectivity index (χ0n) is 12.5. The fourth-order valence-corrected chi connectivity index (χ4v) is 3.48. The fourth-order valence-electron chi connectivity index (χ4n) is 2.10. The Balaban J connectivity index is 2.56. The van der Waals surface area contributed by atoms with E-state index in [0.717, 1.165) is 6.42 Å². The second-order valence-electron chi connectivity index (χ2n) is 6.89. The number of hydrogen-bond acceptors (Lipinski definition) is 1. The van der Waals surface area contributed by atoms with Crippen LogP contribution in [-0.4, -0.2) is 14.4 Å². The van der Waals surface area contributed by atoms with Crippen LogP contribution in [0.1, 0.15) is 53.4 Å². The number of rotatable bonds is 5. The molecule has 0 saturated carbocycles. The van der Waals surface area contributed by atoms with E-state index in [2.05, 4.69) is 52.9 Å². The summed E-state index contributed by atoms with van der Waals surface area (Å²) < 4.78 is 6.55. The molecular formula is C15H30OSi. The molecule has 0 spiro atoms. The maximum Gasteiger partial charge on any atom is 0.192 e. The Morgan fingerprint density at radius 1 is 1.29 bits per heavy atom. The molecule has 0 heterocycles. The highest BCUT2D eigenvalue weighted by molar-refractivity contribution is 6.74. The van der Waals surface area contributed by atoms with Crippen molar-refractivity contribution in [2.45, 2.75) is 77.6 Å². The highest BCUT2D eigenvalue weighted by Crippen LogP contribution is 2.40. The SMILES string of the molecule is CCCC[C@H]1C=CC[C@@H]1O[Si](C)(C)C(C)(C)C. The Morgan fingerprint density at radius 2 is 1.94 bits per heavy atom. The third-order valence-electron chi connectivity index (χ3n) is 4.37. The number of unbranched alkanes of at least 4 members (excludes halogenated alkanes) is 1. The minimum Gasteiger partial charge on any atom is -0.413 e. The molecule has 0 unspecified atom stereocenters. The lowest BCUT2D eigenvalue weighted by Crippen LogP contribution is -2.44. The minimum atomic E-state index is -1.59. The predicted octanol–water partition coefficient (Wildman–Crippen LogP) is 5.14. The largest absolute Gasteiger partial charge is 0.413 e. The number of hydrogen-bond donors (Lipinski definition) is 0. The van der Waals surface area contributed by atoms with Gasteiger partial charge in [-0.1, -0.05) is 52.7 Å². The first-order valence-electron chi connectivity index (χ1n) is 7.12. The maximum absolute atomic E-state index is 6.55. The molecule has 17 heavy (non-hydrogen) atoms. The van der Waals surface area contributed by atoms with Gasteiger partial charge >= 0.3 is 0 Å². The highest BCUT2D eigenvalue weighted by atomic mass is 28.4. The monoisotopic (exact) mass is 254 g/mol. The van der Waals surface area contributed by atoms with Gasteiger partial charge < -0.3 is 4.43 Å². The first-order chi connectivity index (χ1) is 7.78. The normalized spacial score (nSPS) is 25.5. The molecule has 1 aliphatic rings. The molecule has 0 aromatic rings. The van der Waals surface area contributed by atoms with E-state index in [4.69, 9.17) is 4.43 Å². The van der Waals surface area contributed by atoms with Crippen LogP contribution in [0, 0.1) is 5.92 Å². The molecule has 1 nitrogen and oxygen atoms in total. The van der Waals surface area contributed by atoms with E-state index >= 15 is 0 Å². The summed E-state index contributed by atoms with van der Waals surface area (Å²) in [5.74, 6) is 0.670. The van der Waals surface area contributed by atoms with E-state index in [1.54, 1.807) is 0 Å². The molecule has 2 atom stereocenters. The van der Waals surface area contributed by atoms with Crippen LogP contribution in [0.3, 0.4) is 0 Å². The van der Waals surface area contributed by atoms with Gasteiger partial charge in [0.2, 0.25) is 0 Å². The van der Waals surface area contributed by atoms with Crippen LogP contribution in [0.5, 0.6) is 0 Å². The summed E-state index contributed by atoms with van der Waals surface area (Å²) in [6, 6.07) is 0. The molecule has 0 fully saturated rings. The van der Waals surface area contributed by atoms with E-state index in [0.29, 0.717) is 17.1 Å². The molecule has 0 aromatic heterocycles. The molecule has 100 valence electrons. The Kier molecular flexibility index (Phi) is 5.03. The predicted molar refractivity (Wildman–Crippen MR) is 78.8 cm³/mol. The minimum absolute atomic E-state index is 0.324. The first-order valence-corrected chi connectivity index (χ1v) is 10.0. The summed E-state index contributed by atoms with van der Waals surface area (Å²) in [5.41, 5.74) is 0. The third kappa shape index (κ3) is 3.96. The van der Waals surface area contributed by atoms with E-state index in [-0.39, 0.29) is 0 Å². The van der Waals surface area contributed by atoms with Crippen LogP contribution < -0.4 is 0 Å². The Hall–Kier alpha value is -0.0831. The van der Waals surface area contributed by atoms with Crippen molar-refractivity contribution >= 4 is 8.32 Å². The molecule has 0 radical (unpaired) electrons. The molecule has 0 aliphatic heterocycles. The van der Waals surface area contributed by atoms with Gasteiger partial charge in [-0.2, -0.15) is 0 Å². The molecular weight excluding hydrogens is 224 g/mol. The maximum atomic E-state index is 6.55. The van der Waals surface area contributed by atoms with Gasteiger partial charge in [0.15, 0.2) is 8.32 Å². The second-order valence-corrected chi connectivity index (χ2v) is 11.6. The van der Waals surface area contributed by atoms with Crippen LogP contribution in [-0.2, 0) is 4.43 Å². The van der Waals surface area contributed by atoms with Gasteiger partial charge in [0, 0.05) is 5.92 Å². The molecule has 1 rings (SSSR count). The smallest absolute Gasteiger partial charge is 0.192 e. The lowest BCUT2D eigenvalue weighted by atomic mass is 10.00. The van der Waals surface area contributed by atoms with Crippen molar-refractivity contribution in [2.75, 3.05) is 0 Å². The van der Waals surface area contributed by atoms with Gasteiger partial charge in [0.1, 0.15) is 0 Å². The highest BCUT2D eigenvalue weighted by Gasteiger charge is 2.40. The van der Waals surface area contributed by atoms with Crippen molar-refractivity contribution in [3.63, 3.8) is 0 Å². The summed E-state index contributed by atoms with van der Waals surface area (Å²) in [6.07, 6.45) is 10.2. The van der Waals surface area contributed by atoms with Crippen molar-refractivity contribution in [1.82, 2.24) is 0 Å². The van der Waals surface area contributed by atoms with Crippen molar-refractivity contribution in [3.05, 3.63) is 12.2 Å². The van der Waals surface area contributed by atoms with Crippen LogP contribution in [0.15, 0.2) is 12.2 Å². The second kappa shape index (κ2) is 5.70. The summed E-state index contributed by atoms with van der Waals surface area (Å²) in [5, 5.41) is 0.324. The Morgan fingerprint density at radius 3 is 2.47 bits per heavy atom. The zero-order chi connectivity index (χ0) is 13.1. The van der Waals surface area contributed by atoms with Crippen molar-refractivity contribution in [1.29, 1.82) is 0 Å². The van der Waals surface area contributed by atoms with Gasteiger partial charge in [-0.15, -0.1) is 0 Å². The van der Waals surface area contributed by atoms with Crippen LogP contribution in [0.4, 0.5) is 0 Å². The van der Waals surface area contributed by atoms with Crippen LogP contribution in [0.25, 0.3) is 0 Å². The average molecular weight is 254 g/mol. The first kappa shape index (κ1) is 15.0. The summed E-state index contributed by atoms with van der Waals surface area (Å²) in [7, 11) is -1.59. The zero-order valence-corrected chi connectivity index (χ0v) is 13.5. The Labute approximate surface area is 109 Å². The molecule has 0 aromatic carbocycles. The lowest BCUT2D eigenvalue weighted by Gasteiger charge is -2.40. The van der Waals surface area contributed by atoms with E-state index in [1.165, 1.54) is 19.3 Å². The van der Waals surface area contributed by atoms with Gasteiger partial charge in [-0.25, -0.2) is 0 Å². The Bertz CT molecular complexity index is 263. The van der Waals surface area contributed by atoms with E-state index < -0.39 is 8.32 Å². The van der Waals surface area contributed by atoms with Gasteiger partial charge in [-0.3, -0.25) is 0 Å². The van der Waals surface area contributed by atoms with Crippen molar-refractivity contribution in [2.24, 2.45) is 5.92 Å². The lowest BCUT2D eigenvalue weighted by molar-refractivity contribution is 0.145. The average Bonchev–Trinajstić information content (AvgIpc) is 2.60. The van der Waals surface area contributed by atoms with Gasteiger partial charge in [0.25, 0.3) is 0 Å². The fraction of sp³-hybridized carbons (Fsp3) is 0.867. The van der Waals surface area contributed by atoms with Crippen molar-refractivity contribution in [3.8, 4) is 0 Å². The molecule has 1 aliphatic carbocycles. The molecule has 0 bridgehead atoms. The quantitative estimate of drug-likeness (QED) is 0.487. The molecule has 0 amide bonds. The summed E-state index contributed by atoms with van der Waals surface area (Å²) in [6.45, 7) is 14.0. The summed E-state index contributed by atoms with van der Waals surface area (Å²) >= 11 is 0. The van der Waals surface area contributed by atoms with Gasteiger partial charge in [0.05, 0.1) is 6.10 Å². The molecule has 0 saturated heterocycles. The van der Waals surface area contributed by atoms with Crippen molar-refractivity contribution < 1.29 is 4.43 Å². The standard InChI is InChI=1S/C15H30OSi/c1-7-8-10-13-11-9-12-14(13)16-17(5,6)15(2,3)4/h9,11,13-14H,7-8,10,12H2,1-6H3/t13-,14-/m0/s1. The van der Waals surface area contributed by atoms with Crippen LogP contribution >= 0.6 is 0 Å². The van der Waals surface area contributed by atoms with Crippen LogP contribution in [0.2, 0.25) is 18.1 Å². The summed E-state index contributed by atoms with van der Waals surface area (Å²) in [4.78, 5) is 0. The van der Waals surface area contributed by atoms with E-state index in [1.807, 2.05) is 0 Å². The van der Waals surface area contributed by atoms with E-state index in [9.17, 15) is 0 Å². The topological polar surface area (TPSA) is 9.23 Å². The molecule has 2 heteroatoms. The third-order valence-corrected chi connectivity index (χ3v) is 8.88.